The Morgan fingerprint density at radius 1 is 1.75 bits per heavy atom. The van der Waals surface area contributed by atoms with E-state index in [9.17, 15) is 4.79 Å². The van der Waals surface area contributed by atoms with Gasteiger partial charge in [-0.25, -0.2) is 4.79 Å². The third-order valence-electron chi connectivity index (χ3n) is 1.16. The average Bonchev–Trinajstić information content (AvgIpc) is 2.52. The first kappa shape index (κ1) is 9.34. The van der Waals surface area contributed by atoms with Crippen molar-refractivity contribution >= 4 is 34.3 Å². The van der Waals surface area contributed by atoms with Crippen molar-refractivity contribution in [3.63, 3.8) is 0 Å². The summed E-state index contributed by atoms with van der Waals surface area (Å²) >= 11 is 2.83. The van der Waals surface area contributed by atoms with Crippen molar-refractivity contribution in [3.8, 4) is 0 Å². The molecule has 0 bridgehead atoms. The van der Waals surface area contributed by atoms with Gasteiger partial charge in [0, 0.05) is 13.1 Å². The molecule has 0 fully saturated rings. The maximum atomic E-state index is 10.8. The maximum Gasteiger partial charge on any atom is 0.319 e. The Hall–Kier alpha value is -0.750. The monoisotopic (exact) mass is 203 g/mol. The fourth-order valence-electron chi connectivity index (χ4n) is 0.589. The van der Waals surface area contributed by atoms with Gasteiger partial charge < -0.3 is 5.32 Å². The summed E-state index contributed by atoms with van der Waals surface area (Å²) in [6, 6.07) is 1.62. The molecule has 66 valence electrons. The molecule has 0 spiro atoms. The molecule has 0 aliphatic heterocycles. The topological polar surface area (TPSA) is 54.0 Å². The smallest absolute Gasteiger partial charge is 0.319 e. The lowest BCUT2D eigenvalue weighted by Crippen LogP contribution is -2.23. The normalized spacial score (nSPS) is 9.50. The number of rotatable bonds is 2. The van der Waals surface area contributed by atoms with Crippen LogP contribution in [0, 0.1) is 0 Å². The minimum absolute atomic E-state index is 0.216. The van der Waals surface area contributed by atoms with Gasteiger partial charge >= 0.3 is 6.03 Å². The van der Waals surface area contributed by atoms with Crippen molar-refractivity contribution in [1.29, 1.82) is 0 Å². The zero-order valence-corrected chi connectivity index (χ0v) is 8.38. The third-order valence-corrected chi connectivity index (χ3v) is 2.61. The number of hydrogen-bond donors (Lipinski definition) is 2. The highest BCUT2D eigenvalue weighted by atomic mass is 32.2. The van der Waals surface area contributed by atoms with Crippen molar-refractivity contribution in [2.75, 3.05) is 18.6 Å². The van der Waals surface area contributed by atoms with Crippen LogP contribution in [0.25, 0.3) is 0 Å². The highest BCUT2D eigenvalue weighted by Gasteiger charge is 2.02. The lowest BCUT2D eigenvalue weighted by atomic mass is 10.7. The van der Waals surface area contributed by atoms with E-state index in [2.05, 4.69) is 15.0 Å². The Balaban J connectivity index is 2.58. The van der Waals surface area contributed by atoms with Crippen LogP contribution in [-0.2, 0) is 0 Å². The van der Waals surface area contributed by atoms with Crippen LogP contribution in [0.15, 0.2) is 11.1 Å². The van der Waals surface area contributed by atoms with Gasteiger partial charge in [-0.2, -0.15) is 4.37 Å². The molecule has 0 atom stereocenters. The molecule has 12 heavy (non-hydrogen) atoms. The van der Waals surface area contributed by atoms with Gasteiger partial charge in [-0.3, -0.25) is 5.32 Å². The predicted molar refractivity (Wildman–Crippen MR) is 52.0 cm³/mol. The second-order valence-electron chi connectivity index (χ2n) is 1.94. The highest BCUT2D eigenvalue weighted by Crippen LogP contribution is 2.22. The summed E-state index contributed by atoms with van der Waals surface area (Å²) < 4.78 is 4.08. The fraction of sp³-hybridized carbons (Fsp3) is 0.333. The lowest BCUT2D eigenvalue weighted by molar-refractivity contribution is 0.254. The molecule has 1 heterocycles. The van der Waals surface area contributed by atoms with Crippen LogP contribution in [0.2, 0.25) is 0 Å². The summed E-state index contributed by atoms with van der Waals surface area (Å²) in [5.74, 6) is 0. The number of nitrogens with zero attached hydrogens (tertiary/aromatic N) is 1. The van der Waals surface area contributed by atoms with E-state index in [1.165, 1.54) is 11.5 Å². The van der Waals surface area contributed by atoms with E-state index < -0.39 is 0 Å². The number of anilines is 1. The molecule has 2 amide bonds. The summed E-state index contributed by atoms with van der Waals surface area (Å²) in [5.41, 5.74) is 0. The fourth-order valence-corrected chi connectivity index (χ4v) is 1.85. The molecule has 0 saturated heterocycles. The van der Waals surface area contributed by atoms with Gasteiger partial charge in [0.1, 0.15) is 10.0 Å². The summed E-state index contributed by atoms with van der Waals surface area (Å²) in [5, 5.41) is 6.79. The molecule has 0 aliphatic carbocycles. The third kappa shape index (κ3) is 2.38. The first-order chi connectivity index (χ1) is 5.76. The average molecular weight is 203 g/mol. The van der Waals surface area contributed by atoms with Crippen LogP contribution in [0.5, 0.6) is 0 Å². The maximum absolute atomic E-state index is 10.8. The summed E-state index contributed by atoms with van der Waals surface area (Å²) in [6.07, 6.45) is 1.94. The standard InChI is InChI=1S/C6H9N3OS2/c1-7-6(10)8-4-3-5(11-2)9-12-4/h3H,1-2H3,(H2,7,8,10). The SMILES string of the molecule is CNC(=O)Nc1cc(SC)ns1. The molecule has 2 N–H and O–H groups in total. The van der Waals surface area contributed by atoms with Crippen LogP contribution in [0.4, 0.5) is 9.80 Å². The van der Waals surface area contributed by atoms with Crippen LogP contribution < -0.4 is 10.6 Å². The minimum atomic E-state index is -0.216. The molecule has 0 unspecified atom stereocenters. The van der Waals surface area contributed by atoms with Gasteiger partial charge in [0.05, 0.1) is 0 Å². The van der Waals surface area contributed by atoms with Crippen LogP contribution in [0.1, 0.15) is 0 Å². The second kappa shape index (κ2) is 4.32. The molecule has 0 aromatic carbocycles. The predicted octanol–water partition coefficient (Wildman–Crippen LogP) is 1.62. The molecule has 0 saturated carbocycles. The quantitative estimate of drug-likeness (QED) is 0.718. The summed E-state index contributed by atoms with van der Waals surface area (Å²) in [7, 11) is 1.58. The number of hydrogen-bond acceptors (Lipinski definition) is 4. The molecular weight excluding hydrogens is 194 g/mol. The Bertz CT molecular complexity index is 274. The van der Waals surface area contributed by atoms with Gasteiger partial charge in [0.15, 0.2) is 0 Å². The zero-order valence-electron chi connectivity index (χ0n) is 6.75. The molecule has 4 nitrogen and oxygen atoms in total. The number of thioether (sulfide) groups is 1. The number of carbonyl (C=O) groups is 1. The lowest BCUT2D eigenvalue weighted by Gasteiger charge is -1.97. The van der Waals surface area contributed by atoms with E-state index in [1.807, 2.05) is 12.3 Å². The summed E-state index contributed by atoms with van der Waals surface area (Å²) in [4.78, 5) is 10.8. The molecule has 1 aromatic heterocycles. The van der Waals surface area contributed by atoms with Gasteiger partial charge in [-0.15, -0.1) is 11.8 Å². The minimum Gasteiger partial charge on any atom is -0.341 e. The molecule has 1 rings (SSSR count). The molecule has 0 radical (unpaired) electrons. The Kier molecular flexibility index (Phi) is 3.36. The zero-order chi connectivity index (χ0) is 8.97. The van der Waals surface area contributed by atoms with Crippen LogP contribution >= 0.6 is 23.3 Å². The van der Waals surface area contributed by atoms with E-state index in [-0.39, 0.29) is 6.03 Å². The first-order valence-corrected chi connectivity index (χ1v) is 5.25. The van der Waals surface area contributed by atoms with E-state index in [0.717, 1.165) is 10.0 Å². The molecule has 6 heteroatoms. The van der Waals surface area contributed by atoms with E-state index in [1.54, 1.807) is 18.8 Å². The number of carbonyl (C=O) groups excluding carboxylic acids is 1. The van der Waals surface area contributed by atoms with E-state index in [0.29, 0.717) is 0 Å². The van der Waals surface area contributed by atoms with Crippen LogP contribution in [0.3, 0.4) is 0 Å². The Morgan fingerprint density at radius 3 is 3.00 bits per heavy atom. The molecule has 1 aromatic rings. The van der Waals surface area contributed by atoms with Gasteiger partial charge in [-0.1, -0.05) is 0 Å². The van der Waals surface area contributed by atoms with Crippen molar-refractivity contribution in [2.24, 2.45) is 0 Å². The van der Waals surface area contributed by atoms with Crippen molar-refractivity contribution in [1.82, 2.24) is 9.69 Å². The summed E-state index contributed by atoms with van der Waals surface area (Å²) in [6.45, 7) is 0. The molecular formula is C6H9N3OS2. The van der Waals surface area contributed by atoms with Crippen LogP contribution in [-0.4, -0.2) is 23.7 Å². The van der Waals surface area contributed by atoms with E-state index >= 15 is 0 Å². The number of urea groups is 1. The van der Waals surface area contributed by atoms with Crippen molar-refractivity contribution in [3.05, 3.63) is 6.07 Å². The number of aromatic nitrogens is 1. The van der Waals surface area contributed by atoms with Crippen molar-refractivity contribution in [2.45, 2.75) is 5.03 Å². The molecule has 0 aliphatic rings. The van der Waals surface area contributed by atoms with E-state index in [4.69, 9.17) is 0 Å². The Morgan fingerprint density at radius 2 is 2.50 bits per heavy atom. The first-order valence-electron chi connectivity index (χ1n) is 3.25. The number of amides is 2. The van der Waals surface area contributed by atoms with Gasteiger partial charge in [0.25, 0.3) is 0 Å². The number of nitrogens with one attached hydrogen (secondary N) is 2. The van der Waals surface area contributed by atoms with Crippen molar-refractivity contribution < 1.29 is 4.79 Å². The largest absolute Gasteiger partial charge is 0.341 e. The second-order valence-corrected chi connectivity index (χ2v) is 3.57. The van der Waals surface area contributed by atoms with Gasteiger partial charge in [0.2, 0.25) is 0 Å². The highest BCUT2D eigenvalue weighted by molar-refractivity contribution is 7.98. The Labute approximate surface area is 78.9 Å². The van der Waals surface area contributed by atoms with Gasteiger partial charge in [-0.05, 0) is 17.8 Å².